The Balaban J connectivity index is 1.91. The number of Topliss-reactive ketones (excluding diaryl/α,β-unsaturated/α-hetero) is 1. The quantitative estimate of drug-likeness (QED) is 0.777. The molecule has 2 rings (SSSR count). The fraction of sp³-hybridized carbons (Fsp3) is 0.733. The van der Waals surface area contributed by atoms with Gasteiger partial charge in [-0.1, -0.05) is 0 Å². The first-order chi connectivity index (χ1) is 10.1. The van der Waals surface area contributed by atoms with Crippen molar-refractivity contribution in [3.63, 3.8) is 0 Å². The highest BCUT2D eigenvalue weighted by Crippen LogP contribution is 2.22. The van der Waals surface area contributed by atoms with Crippen molar-refractivity contribution in [2.24, 2.45) is 0 Å². The molecule has 0 radical (unpaired) electrons. The average Bonchev–Trinajstić information content (AvgIpc) is 2.92. The molecule has 0 atom stereocenters. The van der Waals surface area contributed by atoms with Crippen molar-refractivity contribution in [1.82, 2.24) is 15.1 Å². The minimum atomic E-state index is 0.0204. The van der Waals surface area contributed by atoms with Crippen LogP contribution < -0.4 is 10.1 Å². The zero-order valence-corrected chi connectivity index (χ0v) is 13.1. The summed E-state index contributed by atoms with van der Waals surface area (Å²) in [5.74, 6) is 0.558. The number of ketones is 1. The van der Waals surface area contributed by atoms with E-state index < -0.39 is 0 Å². The normalized spacial score (nSPS) is 16.4. The number of nitrogens with one attached hydrogen (secondary N) is 1. The lowest BCUT2D eigenvalue weighted by Crippen LogP contribution is -2.32. The topological polar surface area (TPSA) is 65.4 Å². The fourth-order valence-corrected chi connectivity index (χ4v) is 2.55. The number of hydrogen-bond acceptors (Lipinski definition) is 5. The van der Waals surface area contributed by atoms with Crippen molar-refractivity contribution in [1.29, 1.82) is 0 Å². The van der Waals surface area contributed by atoms with E-state index in [1.54, 1.807) is 18.0 Å². The van der Waals surface area contributed by atoms with E-state index >= 15 is 0 Å². The number of methoxy groups -OCH3 is 1. The molecule has 0 unspecified atom stereocenters. The molecule has 1 aromatic heterocycles. The standard InChI is InChI=1S/C15H25N3O3/c1-11(2)18-15(14(20-3)10-17-18)13(19)6-9-21-12-4-7-16-8-5-12/h10-12,16H,4-9H2,1-3H3. The first kappa shape index (κ1) is 16.0. The van der Waals surface area contributed by atoms with E-state index in [0.717, 1.165) is 25.9 Å². The van der Waals surface area contributed by atoms with Crippen molar-refractivity contribution in [3.8, 4) is 5.75 Å². The van der Waals surface area contributed by atoms with Crippen LogP contribution in [0.5, 0.6) is 5.75 Å². The lowest BCUT2D eigenvalue weighted by atomic mass is 10.1. The Hall–Kier alpha value is -1.40. The number of hydrogen-bond donors (Lipinski definition) is 1. The molecule has 0 aromatic carbocycles. The van der Waals surface area contributed by atoms with Crippen LogP contribution in [0.4, 0.5) is 0 Å². The largest absolute Gasteiger partial charge is 0.493 e. The van der Waals surface area contributed by atoms with E-state index in [1.807, 2.05) is 13.8 Å². The second kappa shape index (κ2) is 7.56. The number of nitrogens with zero attached hydrogens (tertiary/aromatic N) is 2. The molecule has 0 aliphatic carbocycles. The van der Waals surface area contributed by atoms with E-state index in [9.17, 15) is 4.79 Å². The van der Waals surface area contributed by atoms with Crippen molar-refractivity contribution < 1.29 is 14.3 Å². The minimum Gasteiger partial charge on any atom is -0.493 e. The molecule has 1 aliphatic rings. The van der Waals surface area contributed by atoms with Crippen LogP contribution >= 0.6 is 0 Å². The Morgan fingerprint density at radius 1 is 1.48 bits per heavy atom. The molecule has 1 fully saturated rings. The number of aromatic nitrogens is 2. The fourth-order valence-electron chi connectivity index (χ4n) is 2.55. The highest BCUT2D eigenvalue weighted by molar-refractivity contribution is 5.97. The zero-order chi connectivity index (χ0) is 15.2. The second-order valence-electron chi connectivity index (χ2n) is 5.59. The number of ether oxygens (including phenoxy) is 2. The molecule has 1 N–H and O–H groups in total. The predicted molar refractivity (Wildman–Crippen MR) is 80.0 cm³/mol. The number of carbonyl (C=O) groups excluding carboxylic acids is 1. The second-order valence-corrected chi connectivity index (χ2v) is 5.59. The summed E-state index contributed by atoms with van der Waals surface area (Å²) in [6.07, 6.45) is 4.26. The maximum atomic E-state index is 12.4. The first-order valence-corrected chi connectivity index (χ1v) is 7.60. The molecular formula is C15H25N3O3. The highest BCUT2D eigenvalue weighted by Gasteiger charge is 2.21. The molecule has 1 aromatic rings. The third-order valence-corrected chi connectivity index (χ3v) is 3.70. The Morgan fingerprint density at radius 3 is 2.81 bits per heavy atom. The van der Waals surface area contributed by atoms with E-state index in [-0.39, 0.29) is 17.9 Å². The summed E-state index contributed by atoms with van der Waals surface area (Å²) < 4.78 is 12.7. The third kappa shape index (κ3) is 4.04. The van der Waals surface area contributed by atoms with Crippen molar-refractivity contribution >= 4 is 5.78 Å². The molecule has 6 heteroatoms. The van der Waals surface area contributed by atoms with Gasteiger partial charge in [-0.2, -0.15) is 5.10 Å². The first-order valence-electron chi connectivity index (χ1n) is 7.60. The molecular weight excluding hydrogens is 270 g/mol. The van der Waals surface area contributed by atoms with Gasteiger partial charge in [-0.15, -0.1) is 0 Å². The Labute approximate surface area is 125 Å². The molecule has 1 saturated heterocycles. The van der Waals surface area contributed by atoms with Gasteiger partial charge < -0.3 is 14.8 Å². The molecule has 0 bridgehead atoms. The molecule has 0 spiro atoms. The van der Waals surface area contributed by atoms with Crippen molar-refractivity contribution in [2.45, 2.75) is 45.3 Å². The predicted octanol–water partition coefficient (Wildman–Crippen LogP) is 1.81. The van der Waals surface area contributed by atoms with Crippen LogP contribution in [0.1, 0.15) is 49.6 Å². The Kier molecular flexibility index (Phi) is 5.76. The summed E-state index contributed by atoms with van der Waals surface area (Å²) in [4.78, 5) is 12.4. The average molecular weight is 295 g/mol. The molecule has 1 aliphatic heterocycles. The van der Waals surface area contributed by atoms with Crippen LogP contribution in [0, 0.1) is 0 Å². The van der Waals surface area contributed by atoms with E-state index in [1.165, 1.54) is 0 Å². The van der Waals surface area contributed by atoms with Crippen LogP contribution in [0.15, 0.2) is 6.20 Å². The maximum absolute atomic E-state index is 12.4. The van der Waals surface area contributed by atoms with Gasteiger partial charge in [0, 0.05) is 12.5 Å². The van der Waals surface area contributed by atoms with Gasteiger partial charge in [0.1, 0.15) is 5.69 Å². The van der Waals surface area contributed by atoms with Gasteiger partial charge in [-0.25, -0.2) is 0 Å². The van der Waals surface area contributed by atoms with Crippen molar-refractivity contribution in [3.05, 3.63) is 11.9 Å². The van der Waals surface area contributed by atoms with Crippen LogP contribution in [0.3, 0.4) is 0 Å². The molecule has 0 saturated carbocycles. The Morgan fingerprint density at radius 2 is 2.19 bits per heavy atom. The number of piperidine rings is 1. The molecule has 2 heterocycles. The van der Waals surface area contributed by atoms with E-state index in [4.69, 9.17) is 9.47 Å². The van der Waals surface area contributed by atoms with Crippen molar-refractivity contribution in [2.75, 3.05) is 26.8 Å². The van der Waals surface area contributed by atoms with Gasteiger partial charge >= 0.3 is 0 Å². The number of carbonyl (C=O) groups is 1. The van der Waals surface area contributed by atoms with Gasteiger partial charge in [-0.3, -0.25) is 9.48 Å². The molecule has 118 valence electrons. The Bertz CT molecular complexity index is 465. The van der Waals surface area contributed by atoms with Gasteiger partial charge in [0.25, 0.3) is 0 Å². The summed E-state index contributed by atoms with van der Waals surface area (Å²) in [6, 6.07) is 0.123. The summed E-state index contributed by atoms with van der Waals surface area (Å²) in [6.45, 7) is 6.43. The van der Waals surface area contributed by atoms with Crippen LogP contribution in [-0.2, 0) is 4.74 Å². The summed E-state index contributed by atoms with van der Waals surface area (Å²) in [5.41, 5.74) is 0.543. The number of rotatable bonds is 7. The van der Waals surface area contributed by atoms with Crippen LogP contribution in [0.25, 0.3) is 0 Å². The molecule has 0 amide bonds. The van der Waals surface area contributed by atoms with Gasteiger partial charge in [-0.05, 0) is 39.8 Å². The zero-order valence-electron chi connectivity index (χ0n) is 13.1. The third-order valence-electron chi connectivity index (χ3n) is 3.70. The van der Waals surface area contributed by atoms with Crippen LogP contribution in [0.2, 0.25) is 0 Å². The lowest BCUT2D eigenvalue weighted by Gasteiger charge is -2.22. The molecule has 6 nitrogen and oxygen atoms in total. The van der Waals surface area contributed by atoms with Gasteiger partial charge in [0.05, 0.1) is 26.0 Å². The SMILES string of the molecule is COc1cnn(C(C)C)c1C(=O)CCOC1CCNCC1. The molecule has 21 heavy (non-hydrogen) atoms. The van der Waals surface area contributed by atoms with Gasteiger partial charge in [0.2, 0.25) is 0 Å². The highest BCUT2D eigenvalue weighted by atomic mass is 16.5. The summed E-state index contributed by atoms with van der Waals surface area (Å²) >= 11 is 0. The maximum Gasteiger partial charge on any atom is 0.186 e. The van der Waals surface area contributed by atoms with Crippen LogP contribution in [-0.4, -0.2) is 48.5 Å². The van der Waals surface area contributed by atoms with E-state index in [0.29, 0.717) is 24.5 Å². The van der Waals surface area contributed by atoms with Gasteiger partial charge in [0.15, 0.2) is 11.5 Å². The monoisotopic (exact) mass is 295 g/mol. The summed E-state index contributed by atoms with van der Waals surface area (Å²) in [7, 11) is 1.56. The summed E-state index contributed by atoms with van der Waals surface area (Å²) in [5, 5.41) is 7.52. The lowest BCUT2D eigenvalue weighted by molar-refractivity contribution is 0.0311. The smallest absolute Gasteiger partial charge is 0.186 e. The van der Waals surface area contributed by atoms with E-state index in [2.05, 4.69) is 10.4 Å². The minimum absolute atomic E-state index is 0.0204.